The topological polar surface area (TPSA) is 64.4 Å². The molecule has 2 rings (SSSR count). The summed E-state index contributed by atoms with van der Waals surface area (Å²) >= 11 is 0. The molecule has 1 unspecified atom stereocenters. The van der Waals surface area contributed by atoms with Gasteiger partial charge in [0.25, 0.3) is 0 Å². The predicted octanol–water partition coefficient (Wildman–Crippen LogP) is 2.81. The number of nitro groups is 1. The second-order valence-corrected chi connectivity index (χ2v) is 4.96. The first kappa shape index (κ1) is 13.8. The van der Waals surface area contributed by atoms with Crippen molar-refractivity contribution in [2.45, 2.75) is 38.6 Å². The van der Waals surface area contributed by atoms with Gasteiger partial charge in [-0.25, -0.2) is 0 Å². The van der Waals surface area contributed by atoms with E-state index in [0.717, 1.165) is 24.9 Å². The molecule has 1 atom stereocenters. The lowest BCUT2D eigenvalue weighted by atomic mass is 10.1. The summed E-state index contributed by atoms with van der Waals surface area (Å²) in [5.41, 5.74) is 0.868. The minimum Gasteiger partial charge on any atom is -0.487 e. The van der Waals surface area contributed by atoms with Crippen molar-refractivity contribution in [1.82, 2.24) is 5.32 Å². The van der Waals surface area contributed by atoms with Gasteiger partial charge in [0.15, 0.2) is 5.75 Å². The van der Waals surface area contributed by atoms with Crippen molar-refractivity contribution in [2.75, 3.05) is 13.2 Å². The van der Waals surface area contributed by atoms with Crippen LogP contribution in [0.15, 0.2) is 18.2 Å². The number of hydrogen-bond acceptors (Lipinski definition) is 4. The number of nitro benzene ring substituents is 1. The quantitative estimate of drug-likeness (QED) is 0.487. The Morgan fingerprint density at radius 1 is 1.53 bits per heavy atom. The highest BCUT2D eigenvalue weighted by Crippen LogP contribution is 2.30. The van der Waals surface area contributed by atoms with Gasteiger partial charge in [-0.1, -0.05) is 12.1 Å². The molecule has 5 nitrogen and oxygen atoms in total. The largest absolute Gasteiger partial charge is 0.487 e. The summed E-state index contributed by atoms with van der Waals surface area (Å²) in [5, 5.41) is 14.4. The minimum atomic E-state index is -0.388. The number of nitrogens with one attached hydrogen (secondary N) is 1. The Kier molecular flexibility index (Phi) is 4.74. The molecule has 1 N–H and O–H groups in total. The van der Waals surface area contributed by atoms with Crippen molar-refractivity contribution in [3.63, 3.8) is 0 Å². The molecule has 0 bridgehead atoms. The van der Waals surface area contributed by atoms with Crippen LogP contribution in [0, 0.1) is 17.0 Å². The third kappa shape index (κ3) is 3.67. The number of rotatable bonds is 6. The Bertz CT molecular complexity index is 442. The summed E-state index contributed by atoms with van der Waals surface area (Å²) in [6.07, 6.45) is 4.46. The van der Waals surface area contributed by atoms with Gasteiger partial charge in [-0.15, -0.1) is 0 Å². The normalized spacial score (nSPS) is 18.5. The molecule has 1 fully saturated rings. The van der Waals surface area contributed by atoms with Crippen LogP contribution in [-0.2, 0) is 0 Å². The second kappa shape index (κ2) is 6.52. The van der Waals surface area contributed by atoms with E-state index in [4.69, 9.17) is 4.74 Å². The van der Waals surface area contributed by atoms with E-state index in [-0.39, 0.29) is 10.6 Å². The van der Waals surface area contributed by atoms with Gasteiger partial charge in [0.2, 0.25) is 0 Å². The van der Waals surface area contributed by atoms with E-state index in [0.29, 0.717) is 18.4 Å². The average molecular weight is 264 g/mol. The van der Waals surface area contributed by atoms with E-state index in [1.165, 1.54) is 18.9 Å². The molecule has 0 radical (unpaired) electrons. The highest BCUT2D eigenvalue weighted by Gasteiger charge is 2.17. The van der Waals surface area contributed by atoms with Crippen LogP contribution in [0.1, 0.15) is 31.2 Å². The molecule has 1 heterocycles. The maximum Gasteiger partial charge on any atom is 0.311 e. The Morgan fingerprint density at radius 2 is 2.37 bits per heavy atom. The first-order chi connectivity index (χ1) is 9.18. The van der Waals surface area contributed by atoms with Crippen molar-refractivity contribution >= 4 is 5.69 Å². The molecule has 1 saturated heterocycles. The molecule has 0 aliphatic carbocycles. The van der Waals surface area contributed by atoms with Crippen LogP contribution in [0.2, 0.25) is 0 Å². The Balaban J connectivity index is 1.86. The number of nitrogens with zero attached hydrogens (tertiary/aromatic N) is 1. The fourth-order valence-electron chi connectivity index (χ4n) is 2.48. The van der Waals surface area contributed by atoms with E-state index in [2.05, 4.69) is 5.32 Å². The van der Waals surface area contributed by atoms with Crippen LogP contribution in [-0.4, -0.2) is 24.1 Å². The summed E-state index contributed by atoms with van der Waals surface area (Å²) in [5.74, 6) is 0.409. The van der Waals surface area contributed by atoms with Gasteiger partial charge in [0.05, 0.1) is 11.5 Å². The summed E-state index contributed by atoms with van der Waals surface area (Å²) in [6.45, 7) is 3.47. The van der Waals surface area contributed by atoms with Crippen LogP contribution in [0.25, 0.3) is 0 Å². The van der Waals surface area contributed by atoms with Gasteiger partial charge in [-0.05, 0) is 44.7 Å². The summed E-state index contributed by atoms with van der Waals surface area (Å²) in [6, 6.07) is 5.60. The smallest absolute Gasteiger partial charge is 0.311 e. The van der Waals surface area contributed by atoms with Gasteiger partial charge in [-0.3, -0.25) is 10.1 Å². The van der Waals surface area contributed by atoms with Crippen LogP contribution in [0.5, 0.6) is 5.75 Å². The van der Waals surface area contributed by atoms with E-state index < -0.39 is 0 Å². The molecule has 0 saturated carbocycles. The zero-order chi connectivity index (χ0) is 13.7. The second-order valence-electron chi connectivity index (χ2n) is 4.96. The van der Waals surface area contributed by atoms with Crippen LogP contribution >= 0.6 is 0 Å². The Labute approximate surface area is 113 Å². The summed E-state index contributed by atoms with van der Waals surface area (Å²) in [4.78, 5) is 10.5. The van der Waals surface area contributed by atoms with Crippen LogP contribution in [0.4, 0.5) is 5.69 Å². The van der Waals surface area contributed by atoms with Crippen molar-refractivity contribution in [3.8, 4) is 5.75 Å². The predicted molar refractivity (Wildman–Crippen MR) is 73.6 cm³/mol. The fraction of sp³-hybridized carbons (Fsp3) is 0.571. The molecular formula is C14H20N2O3. The zero-order valence-corrected chi connectivity index (χ0v) is 11.2. The highest BCUT2D eigenvalue weighted by atomic mass is 16.6. The molecule has 0 spiro atoms. The van der Waals surface area contributed by atoms with Crippen LogP contribution < -0.4 is 10.1 Å². The summed E-state index contributed by atoms with van der Waals surface area (Å²) in [7, 11) is 0. The Hall–Kier alpha value is -1.62. The van der Waals surface area contributed by atoms with Gasteiger partial charge in [-0.2, -0.15) is 0 Å². The lowest BCUT2D eigenvalue weighted by molar-refractivity contribution is -0.385. The molecule has 1 aliphatic rings. The number of aryl methyl sites for hydroxylation is 1. The number of ether oxygens (including phenoxy) is 1. The van der Waals surface area contributed by atoms with E-state index in [1.54, 1.807) is 6.07 Å². The molecule has 19 heavy (non-hydrogen) atoms. The molecule has 1 aromatic carbocycles. The lowest BCUT2D eigenvalue weighted by Crippen LogP contribution is -2.21. The fourth-order valence-corrected chi connectivity index (χ4v) is 2.48. The third-order valence-corrected chi connectivity index (χ3v) is 3.49. The van der Waals surface area contributed by atoms with E-state index in [1.807, 2.05) is 13.0 Å². The average Bonchev–Trinajstić information content (AvgIpc) is 2.88. The van der Waals surface area contributed by atoms with Gasteiger partial charge in [0, 0.05) is 12.1 Å². The number of para-hydroxylation sites is 1. The SMILES string of the molecule is Cc1cccc([N+](=O)[O-])c1OCCCC1CCCN1. The molecular weight excluding hydrogens is 244 g/mol. The molecule has 0 aromatic heterocycles. The van der Waals surface area contributed by atoms with Crippen molar-refractivity contribution < 1.29 is 9.66 Å². The zero-order valence-electron chi connectivity index (χ0n) is 11.2. The van der Waals surface area contributed by atoms with Gasteiger partial charge >= 0.3 is 5.69 Å². The van der Waals surface area contributed by atoms with Crippen LogP contribution in [0.3, 0.4) is 0 Å². The van der Waals surface area contributed by atoms with Crippen molar-refractivity contribution in [2.24, 2.45) is 0 Å². The van der Waals surface area contributed by atoms with Crippen molar-refractivity contribution in [1.29, 1.82) is 0 Å². The van der Waals surface area contributed by atoms with Crippen molar-refractivity contribution in [3.05, 3.63) is 33.9 Å². The van der Waals surface area contributed by atoms with E-state index in [9.17, 15) is 10.1 Å². The van der Waals surface area contributed by atoms with Gasteiger partial charge in [0.1, 0.15) is 0 Å². The standard InChI is InChI=1S/C14H20N2O3/c1-11-5-2-8-13(16(17)18)14(11)19-10-4-7-12-6-3-9-15-12/h2,5,8,12,15H,3-4,6-7,9-10H2,1H3. The van der Waals surface area contributed by atoms with E-state index >= 15 is 0 Å². The van der Waals surface area contributed by atoms with Gasteiger partial charge < -0.3 is 10.1 Å². The first-order valence-electron chi connectivity index (χ1n) is 6.78. The lowest BCUT2D eigenvalue weighted by Gasteiger charge is -2.12. The molecule has 5 heteroatoms. The monoisotopic (exact) mass is 264 g/mol. The molecule has 1 aliphatic heterocycles. The number of hydrogen-bond donors (Lipinski definition) is 1. The Morgan fingerprint density at radius 3 is 3.05 bits per heavy atom. The highest BCUT2D eigenvalue weighted by molar-refractivity contribution is 5.51. The molecule has 104 valence electrons. The number of benzene rings is 1. The third-order valence-electron chi connectivity index (χ3n) is 3.49. The molecule has 1 aromatic rings. The maximum absolute atomic E-state index is 10.9. The first-order valence-corrected chi connectivity index (χ1v) is 6.78. The molecule has 0 amide bonds. The minimum absolute atomic E-state index is 0.0546. The summed E-state index contributed by atoms with van der Waals surface area (Å²) < 4.78 is 5.62. The maximum atomic E-state index is 10.9.